The predicted molar refractivity (Wildman–Crippen MR) is 77.4 cm³/mol. The molecule has 0 bridgehead atoms. The van der Waals surface area contributed by atoms with Crippen LogP contribution in [0.3, 0.4) is 0 Å². The molecule has 3 nitrogen and oxygen atoms in total. The van der Waals surface area contributed by atoms with Gasteiger partial charge in [0, 0.05) is 20.7 Å². The van der Waals surface area contributed by atoms with Gasteiger partial charge in [-0.1, -0.05) is 25.0 Å². The molecule has 3 heteroatoms. The molecule has 1 fully saturated rings. The first-order chi connectivity index (χ1) is 13.1. The molecule has 0 heterocycles. The van der Waals surface area contributed by atoms with Gasteiger partial charge in [0.15, 0.2) is 0 Å². The normalized spacial score (nSPS) is 43.1. The number of hydrogen-bond acceptors (Lipinski definition) is 3. The van der Waals surface area contributed by atoms with Crippen LogP contribution in [-0.4, -0.2) is 39.0 Å². The van der Waals surface area contributed by atoms with Crippen LogP contribution in [0.5, 0.6) is 5.75 Å². The topological polar surface area (TPSA) is 32.7 Å². The summed E-state index contributed by atoms with van der Waals surface area (Å²) in [5.41, 5.74) is -2.11. The predicted octanol–water partition coefficient (Wildman–Crippen LogP) is 2.63. The number of methoxy groups -OCH3 is 1. The Labute approximate surface area is 130 Å². The van der Waals surface area contributed by atoms with E-state index in [4.69, 9.17) is 23.6 Å². The molecule has 2 atom stereocenters. The highest BCUT2D eigenvalue weighted by Gasteiger charge is 2.40. The molecule has 19 heavy (non-hydrogen) atoms. The van der Waals surface area contributed by atoms with Crippen molar-refractivity contribution in [3.8, 4) is 5.75 Å². The second-order valence-electron chi connectivity index (χ2n) is 4.80. The highest BCUT2D eigenvalue weighted by atomic mass is 16.5. The SMILES string of the molecule is [2H]O[C@@]1(c2cccc(OC([2H])([2H])[2H])c2)C([2H])([2H])CCC[C@@]1([2H])CN(C)C([2H])([2H])[2H]. The summed E-state index contributed by atoms with van der Waals surface area (Å²) < 4.78 is 83.4. The van der Waals surface area contributed by atoms with Crippen molar-refractivity contribution in [2.45, 2.75) is 31.2 Å². The van der Waals surface area contributed by atoms with Crippen molar-refractivity contribution in [2.24, 2.45) is 5.89 Å². The molecule has 1 aromatic rings. The lowest BCUT2D eigenvalue weighted by Crippen LogP contribution is -2.43. The lowest BCUT2D eigenvalue weighted by molar-refractivity contribution is -0.0619. The molecule has 1 aromatic carbocycles. The largest absolute Gasteiger partial charge is 0.497 e. The molecule has 2 rings (SSSR count). The molecular formula is C16H25NO2. The summed E-state index contributed by atoms with van der Waals surface area (Å²) in [7, 11) is -1.44. The van der Waals surface area contributed by atoms with Gasteiger partial charge in [-0.15, -0.1) is 0 Å². The number of nitrogens with zero attached hydrogens (tertiary/aromatic N) is 1. The summed E-state index contributed by atoms with van der Waals surface area (Å²) in [5.74, 6) is -1.93. The van der Waals surface area contributed by atoms with E-state index in [2.05, 4.69) is 0 Å². The Morgan fingerprint density at radius 3 is 3.42 bits per heavy atom. The first-order valence-corrected chi connectivity index (χ1v) is 6.23. The molecule has 0 spiro atoms. The van der Waals surface area contributed by atoms with Crippen molar-refractivity contribution in [3.05, 3.63) is 29.8 Å². The van der Waals surface area contributed by atoms with E-state index < -0.39 is 31.9 Å². The van der Waals surface area contributed by atoms with Crippen LogP contribution in [0.2, 0.25) is 0 Å². The fourth-order valence-electron chi connectivity index (χ4n) is 2.43. The van der Waals surface area contributed by atoms with E-state index in [0.717, 1.165) is 4.90 Å². The van der Waals surface area contributed by atoms with Crippen LogP contribution in [0.15, 0.2) is 24.3 Å². The van der Waals surface area contributed by atoms with Crippen LogP contribution in [0.4, 0.5) is 0 Å². The maximum Gasteiger partial charge on any atom is 0.211 e. The lowest BCUT2D eigenvalue weighted by atomic mass is 9.71. The number of rotatable bonds is 5. The highest BCUT2D eigenvalue weighted by Crippen LogP contribution is 2.42. The quantitative estimate of drug-likeness (QED) is 0.895. The van der Waals surface area contributed by atoms with E-state index in [1.165, 1.54) is 31.3 Å². The Kier molecular flexibility index (Phi) is 1.92. The Morgan fingerprint density at radius 2 is 2.63 bits per heavy atom. The zero-order chi connectivity index (χ0) is 22.3. The Balaban J connectivity index is 2.63. The van der Waals surface area contributed by atoms with Crippen LogP contribution in [0.1, 0.15) is 43.5 Å². The summed E-state index contributed by atoms with van der Waals surface area (Å²) in [6.45, 7) is -2.90. The molecule has 1 aliphatic rings. The van der Waals surface area contributed by atoms with Gasteiger partial charge < -0.3 is 14.7 Å². The third-order valence-electron chi connectivity index (χ3n) is 3.31. The fraction of sp³-hybridized carbons (Fsp3) is 0.625. The van der Waals surface area contributed by atoms with E-state index in [-0.39, 0.29) is 30.7 Å². The van der Waals surface area contributed by atoms with E-state index >= 15 is 0 Å². The molecule has 0 aliphatic heterocycles. The summed E-state index contributed by atoms with van der Waals surface area (Å²) in [5, 5.41) is 4.98. The van der Waals surface area contributed by atoms with Crippen molar-refractivity contribution >= 4 is 0 Å². The molecule has 0 saturated heterocycles. The summed E-state index contributed by atoms with van der Waals surface area (Å²) in [6.07, 6.45) is -1.80. The van der Waals surface area contributed by atoms with Gasteiger partial charge in [-0.25, -0.2) is 0 Å². The van der Waals surface area contributed by atoms with Crippen molar-refractivity contribution in [3.63, 3.8) is 0 Å². The van der Waals surface area contributed by atoms with Gasteiger partial charge >= 0.3 is 0 Å². The maximum atomic E-state index is 9.05. The zero-order valence-corrected chi connectivity index (χ0v) is 10.9. The second kappa shape index (κ2) is 5.93. The van der Waals surface area contributed by atoms with Crippen LogP contribution in [0, 0.1) is 5.89 Å². The summed E-state index contributed by atoms with van der Waals surface area (Å²) >= 11 is 0. The first kappa shape index (κ1) is 6.15. The van der Waals surface area contributed by atoms with E-state index in [9.17, 15) is 0 Å². The molecule has 0 radical (unpaired) electrons. The van der Waals surface area contributed by atoms with E-state index in [1.54, 1.807) is 0 Å². The van der Waals surface area contributed by atoms with E-state index in [1.807, 2.05) is 0 Å². The smallest absolute Gasteiger partial charge is 0.211 e. The number of ether oxygens (including phenoxy) is 1. The maximum absolute atomic E-state index is 9.05. The molecule has 1 saturated carbocycles. The Bertz CT molecular complexity index is 722. The first-order valence-electron chi connectivity index (χ1n) is 11.1. The minimum atomic E-state index is -2.74. The molecule has 0 aromatic heterocycles. The van der Waals surface area contributed by atoms with Gasteiger partial charge in [0.2, 0.25) is 1.43 Å². The number of hydrogen-bond donors (Lipinski definition) is 1. The Morgan fingerprint density at radius 1 is 1.68 bits per heavy atom. The second-order valence-corrected chi connectivity index (χ2v) is 4.80. The van der Waals surface area contributed by atoms with Crippen molar-refractivity contribution in [1.29, 1.82) is 1.43 Å². The fourth-order valence-corrected chi connectivity index (χ4v) is 2.43. The van der Waals surface area contributed by atoms with Gasteiger partial charge in [-0.3, -0.25) is 0 Å². The minimum Gasteiger partial charge on any atom is -0.497 e. The number of aliphatic hydroxyl groups is 1. The average Bonchev–Trinajstić information content (AvgIpc) is 2.52. The average molecular weight is 273 g/mol. The summed E-state index contributed by atoms with van der Waals surface area (Å²) in [4.78, 5) is 0.956. The van der Waals surface area contributed by atoms with Crippen molar-refractivity contribution in [2.75, 3.05) is 27.6 Å². The van der Waals surface area contributed by atoms with Gasteiger partial charge in [-0.05, 0) is 44.5 Å². The zero-order valence-electron chi connectivity index (χ0n) is 20.9. The van der Waals surface area contributed by atoms with Crippen LogP contribution >= 0.6 is 0 Å². The number of benzene rings is 1. The van der Waals surface area contributed by atoms with E-state index in [0.29, 0.717) is 6.42 Å². The van der Waals surface area contributed by atoms with Crippen LogP contribution in [-0.2, 0) is 5.60 Å². The molecule has 0 amide bonds. The summed E-state index contributed by atoms with van der Waals surface area (Å²) in [6, 6.07) is 5.47. The third kappa shape index (κ3) is 3.10. The van der Waals surface area contributed by atoms with Gasteiger partial charge in [0.1, 0.15) is 5.75 Å². The monoisotopic (exact) mass is 273 g/mol. The van der Waals surface area contributed by atoms with Crippen molar-refractivity contribution < 1.29 is 22.2 Å². The minimum absolute atomic E-state index is 0.00561. The molecule has 0 unspecified atom stereocenters. The lowest BCUT2D eigenvalue weighted by Gasteiger charge is -2.41. The van der Waals surface area contributed by atoms with Crippen LogP contribution < -0.4 is 4.74 Å². The van der Waals surface area contributed by atoms with Crippen LogP contribution in [0.25, 0.3) is 0 Å². The molecule has 106 valence electrons. The molecular weight excluding hydrogens is 238 g/mol. The van der Waals surface area contributed by atoms with Gasteiger partial charge in [0.25, 0.3) is 0 Å². The highest BCUT2D eigenvalue weighted by molar-refractivity contribution is 5.33. The third-order valence-corrected chi connectivity index (χ3v) is 3.31. The standard InChI is InChI=1S/C16H25NO2/c1-17(2)12-14-7-4-5-10-16(14,18)13-8-6-9-15(11-13)19-3/h6,8-9,11,14,18H,4-5,7,10,12H2,1-3H3/t14-,16+/m0/s1/i1D3,3D3,10D2,14D,18D. The molecule has 1 N–H and O–H groups in total. The Hall–Kier alpha value is -1.06. The van der Waals surface area contributed by atoms with Gasteiger partial charge in [0.05, 0.1) is 16.8 Å². The van der Waals surface area contributed by atoms with Gasteiger partial charge in [-0.2, -0.15) is 0 Å². The molecule has 1 aliphatic carbocycles. The van der Waals surface area contributed by atoms with Crippen molar-refractivity contribution in [1.82, 2.24) is 4.90 Å².